The highest BCUT2D eigenvalue weighted by Gasteiger charge is 2.17. The van der Waals surface area contributed by atoms with Crippen molar-refractivity contribution in [1.29, 1.82) is 0 Å². The minimum absolute atomic E-state index is 0.696. The molecule has 2 aromatic rings. The summed E-state index contributed by atoms with van der Waals surface area (Å²) in [5, 5.41) is 0. The van der Waals surface area contributed by atoms with Gasteiger partial charge in [-0.15, -0.1) is 22.7 Å². The summed E-state index contributed by atoms with van der Waals surface area (Å²) in [5.74, 6) is 2.16. The largest absolute Gasteiger partial charge is 0.145 e. The van der Waals surface area contributed by atoms with Crippen molar-refractivity contribution in [3.63, 3.8) is 0 Å². The van der Waals surface area contributed by atoms with E-state index in [0.29, 0.717) is 5.92 Å². The highest BCUT2D eigenvalue weighted by molar-refractivity contribution is 7.12. The van der Waals surface area contributed by atoms with Gasteiger partial charge in [0.25, 0.3) is 0 Å². The Hall–Kier alpha value is -0.600. The molecular weight excluding hydrogens is 316 g/mol. The Balaban J connectivity index is 1.94. The summed E-state index contributed by atoms with van der Waals surface area (Å²) >= 11 is 4.03. The van der Waals surface area contributed by atoms with Gasteiger partial charge >= 0.3 is 0 Å². The van der Waals surface area contributed by atoms with Gasteiger partial charge in [-0.2, -0.15) is 0 Å². The Morgan fingerprint density at radius 1 is 0.783 bits per heavy atom. The summed E-state index contributed by atoms with van der Waals surface area (Å²) in [7, 11) is 0. The second kappa shape index (κ2) is 9.03. The molecule has 3 unspecified atom stereocenters. The molecule has 2 heteroatoms. The quantitative estimate of drug-likeness (QED) is 0.429. The normalized spacial score (nSPS) is 15.5. The summed E-state index contributed by atoms with van der Waals surface area (Å²) in [6.45, 7) is 11.6. The number of aryl methyl sites for hydroxylation is 1. The van der Waals surface area contributed by atoms with E-state index in [2.05, 4.69) is 70.2 Å². The molecule has 2 aromatic heterocycles. The molecule has 0 N–H and O–H groups in total. The molecule has 0 spiro atoms. The third kappa shape index (κ3) is 5.19. The average Bonchev–Trinajstić information content (AvgIpc) is 3.17. The van der Waals surface area contributed by atoms with E-state index >= 15 is 0 Å². The number of hydrogen-bond acceptors (Lipinski definition) is 2. The maximum absolute atomic E-state index is 2.40. The molecule has 0 nitrogen and oxygen atoms in total. The summed E-state index contributed by atoms with van der Waals surface area (Å²) in [6.07, 6.45) is 6.47. The summed E-state index contributed by atoms with van der Waals surface area (Å²) in [6, 6.07) is 9.37. The third-order valence-electron chi connectivity index (χ3n) is 4.95. The van der Waals surface area contributed by atoms with Crippen molar-refractivity contribution >= 4 is 22.7 Å². The first-order valence-electron chi connectivity index (χ1n) is 9.21. The molecule has 3 atom stereocenters. The molecule has 0 saturated carbocycles. The molecule has 0 aliphatic carbocycles. The van der Waals surface area contributed by atoms with Gasteiger partial charge in [0.05, 0.1) is 0 Å². The van der Waals surface area contributed by atoms with Gasteiger partial charge in [0.2, 0.25) is 0 Å². The lowest BCUT2D eigenvalue weighted by Crippen LogP contribution is -1.98. The molecule has 0 radical (unpaired) electrons. The van der Waals surface area contributed by atoms with Crippen molar-refractivity contribution < 1.29 is 0 Å². The minimum Gasteiger partial charge on any atom is -0.145 e. The maximum Gasteiger partial charge on any atom is 0.00791 e. The Bertz CT molecular complexity index is 578. The predicted molar refractivity (Wildman–Crippen MR) is 107 cm³/mol. The van der Waals surface area contributed by atoms with E-state index in [1.54, 1.807) is 14.6 Å². The molecule has 128 valence electrons. The topological polar surface area (TPSA) is 0 Å². The van der Waals surface area contributed by atoms with Crippen LogP contribution in [0.2, 0.25) is 0 Å². The van der Waals surface area contributed by atoms with Gasteiger partial charge in [0, 0.05) is 19.5 Å². The molecule has 0 fully saturated rings. The molecule has 0 aromatic carbocycles. The fraction of sp³-hybridized carbons (Fsp3) is 0.619. The van der Waals surface area contributed by atoms with Crippen molar-refractivity contribution in [2.45, 2.75) is 84.5 Å². The van der Waals surface area contributed by atoms with Crippen LogP contribution in [-0.2, 0) is 0 Å². The molecule has 0 bridgehead atoms. The first-order valence-corrected chi connectivity index (χ1v) is 10.8. The summed E-state index contributed by atoms with van der Waals surface area (Å²) in [5.41, 5.74) is 0. The smallest absolute Gasteiger partial charge is 0.00791 e. The fourth-order valence-electron chi connectivity index (χ4n) is 3.29. The van der Waals surface area contributed by atoms with Crippen LogP contribution in [0.25, 0.3) is 0 Å². The first-order chi connectivity index (χ1) is 11.0. The second-order valence-electron chi connectivity index (χ2n) is 6.96. The van der Waals surface area contributed by atoms with Gasteiger partial charge in [-0.25, -0.2) is 0 Å². The highest BCUT2D eigenvalue weighted by Crippen LogP contribution is 2.37. The Morgan fingerprint density at radius 2 is 1.39 bits per heavy atom. The zero-order valence-electron chi connectivity index (χ0n) is 15.4. The van der Waals surface area contributed by atoms with Gasteiger partial charge in [0.15, 0.2) is 0 Å². The molecule has 0 aliphatic rings. The molecular formula is C21H32S2. The van der Waals surface area contributed by atoms with Gasteiger partial charge in [0.1, 0.15) is 0 Å². The predicted octanol–water partition coefficient (Wildman–Crippen LogP) is 8.10. The van der Waals surface area contributed by atoms with Crippen molar-refractivity contribution in [2.75, 3.05) is 0 Å². The lowest BCUT2D eigenvalue weighted by Gasteiger charge is -2.16. The highest BCUT2D eigenvalue weighted by atomic mass is 32.1. The van der Waals surface area contributed by atoms with Crippen LogP contribution in [-0.4, -0.2) is 0 Å². The van der Waals surface area contributed by atoms with Crippen LogP contribution < -0.4 is 0 Å². The Morgan fingerprint density at radius 3 is 2.00 bits per heavy atom. The molecule has 2 heterocycles. The van der Waals surface area contributed by atoms with Crippen LogP contribution in [0.1, 0.15) is 97.1 Å². The van der Waals surface area contributed by atoms with Gasteiger partial charge < -0.3 is 0 Å². The second-order valence-corrected chi connectivity index (χ2v) is 9.43. The van der Waals surface area contributed by atoms with Crippen LogP contribution in [0.3, 0.4) is 0 Å². The minimum atomic E-state index is 0.696. The zero-order valence-corrected chi connectivity index (χ0v) is 17.0. The molecule has 0 aliphatic heterocycles. The lowest BCUT2D eigenvalue weighted by molar-refractivity contribution is 0.544. The van der Waals surface area contributed by atoms with E-state index < -0.39 is 0 Å². The summed E-state index contributed by atoms with van der Waals surface area (Å²) < 4.78 is 0. The van der Waals surface area contributed by atoms with Gasteiger partial charge in [-0.05, 0) is 74.6 Å². The van der Waals surface area contributed by atoms with Crippen LogP contribution in [0.5, 0.6) is 0 Å². The number of rotatable bonds is 9. The number of thiophene rings is 2. The maximum atomic E-state index is 2.40. The van der Waals surface area contributed by atoms with Gasteiger partial charge in [-0.1, -0.05) is 34.1 Å². The van der Waals surface area contributed by atoms with Crippen LogP contribution in [0, 0.1) is 6.92 Å². The molecule has 0 saturated heterocycles. The Kier molecular flexibility index (Phi) is 7.36. The SMILES string of the molecule is CCCC(C)c1ccc(C(CC)CCC(C)c2ccc(C)s2)s1. The average molecular weight is 349 g/mol. The number of hydrogen-bond donors (Lipinski definition) is 0. The van der Waals surface area contributed by atoms with E-state index in [1.165, 1.54) is 37.0 Å². The fourth-order valence-corrected chi connectivity index (χ4v) is 5.56. The van der Waals surface area contributed by atoms with E-state index in [4.69, 9.17) is 0 Å². The summed E-state index contributed by atoms with van der Waals surface area (Å²) in [4.78, 5) is 6.19. The molecule has 2 rings (SSSR count). The molecule has 0 amide bonds. The Labute approximate surface area is 151 Å². The third-order valence-corrected chi connectivity index (χ3v) is 7.66. The van der Waals surface area contributed by atoms with Crippen LogP contribution in [0.4, 0.5) is 0 Å². The van der Waals surface area contributed by atoms with Crippen molar-refractivity contribution in [2.24, 2.45) is 0 Å². The zero-order chi connectivity index (χ0) is 16.8. The van der Waals surface area contributed by atoms with E-state index in [1.807, 2.05) is 11.3 Å². The van der Waals surface area contributed by atoms with E-state index in [-0.39, 0.29) is 0 Å². The van der Waals surface area contributed by atoms with Crippen molar-refractivity contribution in [3.05, 3.63) is 43.8 Å². The molecule has 23 heavy (non-hydrogen) atoms. The van der Waals surface area contributed by atoms with E-state index in [0.717, 1.165) is 11.8 Å². The standard InChI is InChI=1S/C21H32S2/c1-6-8-15(3)20-13-14-21(23-20)18(7-2)11-9-16(4)19-12-10-17(5)22-19/h10,12-16,18H,6-9,11H2,1-5H3. The van der Waals surface area contributed by atoms with Crippen LogP contribution in [0.15, 0.2) is 24.3 Å². The van der Waals surface area contributed by atoms with E-state index in [9.17, 15) is 0 Å². The van der Waals surface area contributed by atoms with Crippen LogP contribution >= 0.6 is 22.7 Å². The van der Waals surface area contributed by atoms with Crippen molar-refractivity contribution in [3.8, 4) is 0 Å². The van der Waals surface area contributed by atoms with Crippen molar-refractivity contribution in [1.82, 2.24) is 0 Å². The lowest BCUT2D eigenvalue weighted by atomic mass is 9.93. The monoisotopic (exact) mass is 348 g/mol. The first kappa shape index (κ1) is 18.7. The van der Waals surface area contributed by atoms with Gasteiger partial charge in [-0.3, -0.25) is 0 Å².